The molecule has 1 aliphatic carbocycles. The quantitative estimate of drug-likeness (QED) is 0.284. The molecule has 2 saturated heterocycles. The second-order valence-corrected chi connectivity index (χ2v) is 11.1. The second kappa shape index (κ2) is 10.6. The highest BCUT2D eigenvalue weighted by Gasteiger charge is 2.30. The Morgan fingerprint density at radius 1 is 1.07 bits per heavy atom. The molecule has 8 nitrogen and oxygen atoms in total. The van der Waals surface area contributed by atoms with E-state index in [0.717, 1.165) is 35.9 Å². The van der Waals surface area contributed by atoms with E-state index in [1.54, 1.807) is 0 Å². The number of rotatable bonds is 8. The van der Waals surface area contributed by atoms with Crippen LogP contribution in [-0.2, 0) is 20.8 Å². The lowest BCUT2D eigenvalue weighted by Gasteiger charge is -2.29. The van der Waals surface area contributed by atoms with E-state index in [-0.39, 0.29) is 24.2 Å². The second-order valence-electron chi connectivity index (χ2n) is 11.1. The number of hydrogen-bond donors (Lipinski definition) is 0. The number of benzene rings is 1. The van der Waals surface area contributed by atoms with Crippen molar-refractivity contribution in [3.05, 3.63) is 70.9 Å². The molecule has 1 saturated carbocycles. The largest absolute Gasteiger partial charge is 0.381 e. The summed E-state index contributed by atoms with van der Waals surface area (Å²) in [5, 5.41) is 4.53. The van der Waals surface area contributed by atoms with Crippen LogP contribution in [0.4, 0.5) is 8.78 Å². The van der Waals surface area contributed by atoms with Crippen LogP contribution in [0.3, 0.4) is 0 Å². The number of aryl methyl sites for hydroxylation is 1. The first-order chi connectivity index (χ1) is 19.5. The molecule has 2 aliphatic heterocycles. The minimum atomic E-state index is -0.687. The topological polar surface area (TPSA) is 84.2 Å². The van der Waals surface area contributed by atoms with Crippen molar-refractivity contribution in [1.82, 2.24) is 24.7 Å². The van der Waals surface area contributed by atoms with E-state index >= 15 is 4.39 Å². The van der Waals surface area contributed by atoms with Crippen LogP contribution < -0.4 is 0 Å². The lowest BCUT2D eigenvalue weighted by atomic mass is 9.89. The first-order valence-electron chi connectivity index (χ1n) is 14.0. The van der Waals surface area contributed by atoms with Crippen LogP contribution in [0.25, 0.3) is 22.3 Å². The van der Waals surface area contributed by atoms with Gasteiger partial charge in [-0.05, 0) is 50.8 Å². The number of aromatic nitrogens is 5. The zero-order valence-corrected chi connectivity index (χ0v) is 22.4. The average Bonchev–Trinajstić information content (AvgIpc) is 3.66. The van der Waals surface area contributed by atoms with Gasteiger partial charge in [0.15, 0.2) is 0 Å². The zero-order chi connectivity index (χ0) is 27.2. The molecule has 7 rings (SSSR count). The summed E-state index contributed by atoms with van der Waals surface area (Å²) >= 11 is 0. The molecule has 0 unspecified atom stereocenters. The molecule has 4 aromatic rings. The van der Waals surface area contributed by atoms with Crippen molar-refractivity contribution >= 4 is 11.0 Å². The standard InChI is InChI=1S/C30H31F2N5O3/c1-17-27(16-39-15-18-13-38-14-18)36-30-26(34-17)10-25(35-29(30)23-5-2-21(31)9-24(23)32)19-6-7-40-28(8-19)20-11-33-37(12-20)22-3-4-22/h2,5,9-12,18-19,22,28H,3-4,6-8,13-16H2,1H3/t19-,28-/m1/s1. The van der Waals surface area contributed by atoms with Gasteiger partial charge in [-0.2, -0.15) is 5.10 Å². The van der Waals surface area contributed by atoms with Gasteiger partial charge >= 0.3 is 0 Å². The molecule has 3 aromatic heterocycles. The number of pyridine rings is 1. The van der Waals surface area contributed by atoms with Crippen LogP contribution in [0.15, 0.2) is 36.7 Å². The van der Waals surface area contributed by atoms with E-state index in [1.165, 1.54) is 25.0 Å². The van der Waals surface area contributed by atoms with Crippen molar-refractivity contribution in [2.75, 3.05) is 26.4 Å². The summed E-state index contributed by atoms with van der Waals surface area (Å²) in [6.07, 6.45) is 7.74. The molecule has 0 radical (unpaired) electrons. The number of nitrogens with zero attached hydrogens (tertiary/aromatic N) is 5. The SMILES string of the molecule is Cc1nc2cc([C@@H]3CCO[C@@H](c4cnn(C5CC5)c4)C3)nc(-c3ccc(F)cc3F)c2nc1COCC1COC1. The van der Waals surface area contributed by atoms with Crippen molar-refractivity contribution in [2.45, 2.75) is 57.3 Å². The average molecular weight is 548 g/mol. The molecular formula is C30H31F2N5O3. The lowest BCUT2D eigenvalue weighted by molar-refractivity contribution is -0.0749. The van der Waals surface area contributed by atoms with E-state index in [9.17, 15) is 4.39 Å². The Hall–Kier alpha value is -3.34. The van der Waals surface area contributed by atoms with Crippen LogP contribution in [0, 0.1) is 24.5 Å². The van der Waals surface area contributed by atoms with Gasteiger partial charge in [0, 0.05) is 47.5 Å². The van der Waals surface area contributed by atoms with Gasteiger partial charge in [-0.15, -0.1) is 0 Å². The lowest BCUT2D eigenvalue weighted by Crippen LogP contribution is -2.31. The van der Waals surface area contributed by atoms with Gasteiger partial charge in [0.05, 0.1) is 61.7 Å². The highest BCUT2D eigenvalue weighted by atomic mass is 19.1. The summed E-state index contributed by atoms with van der Waals surface area (Å²) in [6.45, 7) is 4.77. The van der Waals surface area contributed by atoms with Gasteiger partial charge < -0.3 is 14.2 Å². The molecule has 0 spiro atoms. The maximum Gasteiger partial charge on any atom is 0.135 e. The zero-order valence-electron chi connectivity index (χ0n) is 22.4. The van der Waals surface area contributed by atoms with Crippen molar-refractivity contribution in [3.63, 3.8) is 0 Å². The van der Waals surface area contributed by atoms with Crippen LogP contribution >= 0.6 is 0 Å². The van der Waals surface area contributed by atoms with E-state index < -0.39 is 11.6 Å². The number of ether oxygens (including phenoxy) is 3. The Bertz CT molecular complexity index is 1550. The first-order valence-corrected chi connectivity index (χ1v) is 14.0. The molecule has 0 bridgehead atoms. The van der Waals surface area contributed by atoms with Gasteiger partial charge in [-0.1, -0.05) is 0 Å². The summed E-state index contributed by atoms with van der Waals surface area (Å²) in [5.74, 6) is -0.858. The third-order valence-electron chi connectivity index (χ3n) is 8.05. The van der Waals surface area contributed by atoms with Crippen LogP contribution in [0.1, 0.15) is 66.4 Å². The molecule has 0 N–H and O–H groups in total. The van der Waals surface area contributed by atoms with Gasteiger partial charge in [0.2, 0.25) is 0 Å². The smallest absolute Gasteiger partial charge is 0.135 e. The summed E-state index contributed by atoms with van der Waals surface area (Å²) in [5.41, 5.74) is 4.94. The van der Waals surface area contributed by atoms with Gasteiger partial charge in [-0.3, -0.25) is 4.68 Å². The van der Waals surface area contributed by atoms with Crippen LogP contribution in [-0.4, -0.2) is 51.2 Å². The highest BCUT2D eigenvalue weighted by Crippen LogP contribution is 2.40. The van der Waals surface area contributed by atoms with Crippen LogP contribution in [0.2, 0.25) is 0 Å². The minimum Gasteiger partial charge on any atom is -0.381 e. The Morgan fingerprint density at radius 3 is 2.73 bits per heavy atom. The first kappa shape index (κ1) is 25.6. The van der Waals surface area contributed by atoms with E-state index in [1.807, 2.05) is 23.9 Å². The fourth-order valence-electron chi connectivity index (χ4n) is 5.47. The molecule has 2 atom stereocenters. The minimum absolute atomic E-state index is 0.0736. The van der Waals surface area contributed by atoms with Crippen LogP contribution in [0.5, 0.6) is 0 Å². The molecule has 1 aromatic carbocycles. The Morgan fingerprint density at radius 2 is 1.95 bits per heavy atom. The monoisotopic (exact) mass is 547 g/mol. The normalized spacial score (nSPS) is 21.6. The molecule has 5 heterocycles. The molecule has 3 fully saturated rings. The maximum atomic E-state index is 15.1. The predicted octanol–water partition coefficient (Wildman–Crippen LogP) is 5.61. The van der Waals surface area contributed by atoms with E-state index in [2.05, 4.69) is 11.3 Å². The molecule has 40 heavy (non-hydrogen) atoms. The summed E-state index contributed by atoms with van der Waals surface area (Å²) in [4.78, 5) is 14.7. The Kier molecular flexibility index (Phi) is 6.77. The van der Waals surface area contributed by atoms with E-state index in [0.29, 0.717) is 60.8 Å². The van der Waals surface area contributed by atoms with E-state index in [4.69, 9.17) is 29.2 Å². The number of halogens is 2. The van der Waals surface area contributed by atoms with Crippen molar-refractivity contribution < 1.29 is 23.0 Å². The van der Waals surface area contributed by atoms with Gasteiger partial charge in [0.1, 0.15) is 22.8 Å². The van der Waals surface area contributed by atoms with Gasteiger partial charge in [0.25, 0.3) is 0 Å². The predicted molar refractivity (Wildman–Crippen MR) is 143 cm³/mol. The molecule has 10 heteroatoms. The molecular weight excluding hydrogens is 516 g/mol. The highest BCUT2D eigenvalue weighted by molar-refractivity contribution is 5.89. The molecule has 208 valence electrons. The summed E-state index contributed by atoms with van der Waals surface area (Å²) < 4.78 is 48.2. The number of fused-ring (bicyclic) bond motifs is 1. The third kappa shape index (κ3) is 5.11. The fraction of sp³-hybridized carbons (Fsp3) is 0.467. The fourth-order valence-corrected chi connectivity index (χ4v) is 5.47. The summed E-state index contributed by atoms with van der Waals surface area (Å²) in [6, 6.07) is 6.00. The van der Waals surface area contributed by atoms with Crippen molar-refractivity contribution in [3.8, 4) is 11.3 Å². The van der Waals surface area contributed by atoms with Crippen molar-refractivity contribution in [2.24, 2.45) is 5.92 Å². The Balaban J connectivity index is 1.24. The molecule has 0 amide bonds. The Labute approximate surface area is 230 Å². The summed E-state index contributed by atoms with van der Waals surface area (Å²) in [7, 11) is 0. The number of hydrogen-bond acceptors (Lipinski definition) is 7. The third-order valence-corrected chi connectivity index (χ3v) is 8.05. The maximum absolute atomic E-state index is 15.1. The van der Waals surface area contributed by atoms with Gasteiger partial charge in [-0.25, -0.2) is 23.7 Å². The molecule has 3 aliphatic rings. The van der Waals surface area contributed by atoms with Crippen molar-refractivity contribution in [1.29, 1.82) is 0 Å².